The fourth-order valence-electron chi connectivity index (χ4n) is 4.36. The van der Waals surface area contributed by atoms with Crippen LogP contribution in [0.5, 0.6) is 0 Å². The van der Waals surface area contributed by atoms with Crippen LogP contribution in [0.2, 0.25) is 0 Å². The lowest BCUT2D eigenvalue weighted by Gasteiger charge is -2.32. The number of nitrogens with zero attached hydrogens (tertiary/aromatic N) is 3. The molecule has 154 valence electrons. The maximum absolute atomic E-state index is 13.2. The summed E-state index contributed by atoms with van der Waals surface area (Å²) in [5.41, 5.74) is 3.85. The topological polar surface area (TPSA) is 48.5 Å². The molecule has 0 radical (unpaired) electrons. The van der Waals surface area contributed by atoms with Gasteiger partial charge in [0.05, 0.1) is 12.2 Å². The number of halogens is 1. The van der Waals surface area contributed by atoms with Gasteiger partial charge in [0, 0.05) is 61.5 Å². The first-order valence-corrected chi connectivity index (χ1v) is 10.3. The number of pyridine rings is 1. The molecule has 4 rings (SSSR count). The smallest absolute Gasteiger partial charge is 0.241 e. The van der Waals surface area contributed by atoms with Crippen molar-refractivity contribution in [1.82, 2.24) is 15.2 Å². The number of piperazine rings is 1. The molecule has 1 unspecified atom stereocenters. The highest BCUT2D eigenvalue weighted by Gasteiger charge is 2.39. The summed E-state index contributed by atoms with van der Waals surface area (Å²) in [7, 11) is 0. The van der Waals surface area contributed by atoms with E-state index in [9.17, 15) is 9.18 Å². The minimum absolute atomic E-state index is 0.122. The van der Waals surface area contributed by atoms with Crippen molar-refractivity contribution in [3.05, 3.63) is 59.2 Å². The van der Waals surface area contributed by atoms with E-state index in [0.717, 1.165) is 42.1 Å². The molecule has 1 aromatic heterocycles. The second kappa shape index (κ2) is 7.84. The van der Waals surface area contributed by atoms with Crippen molar-refractivity contribution < 1.29 is 9.18 Å². The third kappa shape index (κ3) is 4.33. The van der Waals surface area contributed by atoms with Crippen LogP contribution in [-0.2, 0) is 16.6 Å². The van der Waals surface area contributed by atoms with Crippen LogP contribution in [-0.4, -0.2) is 54.6 Å². The first kappa shape index (κ1) is 20.0. The van der Waals surface area contributed by atoms with E-state index in [1.165, 1.54) is 12.1 Å². The number of benzene rings is 1. The van der Waals surface area contributed by atoms with E-state index in [1.807, 2.05) is 17.2 Å². The van der Waals surface area contributed by atoms with Crippen LogP contribution in [0.25, 0.3) is 0 Å². The van der Waals surface area contributed by atoms with Crippen LogP contribution in [0.15, 0.2) is 36.5 Å². The molecule has 29 heavy (non-hydrogen) atoms. The Balaban J connectivity index is 1.55. The zero-order valence-corrected chi connectivity index (χ0v) is 17.4. The minimum atomic E-state index is -0.239. The number of aromatic nitrogens is 1. The molecule has 1 saturated heterocycles. The maximum atomic E-state index is 13.2. The first-order chi connectivity index (χ1) is 13.8. The lowest BCUT2D eigenvalue weighted by Crippen LogP contribution is -2.52. The second-order valence-electron chi connectivity index (χ2n) is 8.95. The van der Waals surface area contributed by atoms with Crippen molar-refractivity contribution >= 4 is 11.6 Å². The number of rotatable bonds is 4. The molecule has 0 saturated carbocycles. The van der Waals surface area contributed by atoms with Crippen molar-refractivity contribution in [3.63, 3.8) is 0 Å². The Hall–Kier alpha value is -2.31. The van der Waals surface area contributed by atoms with Gasteiger partial charge in [0.1, 0.15) is 5.82 Å². The van der Waals surface area contributed by atoms with E-state index in [2.05, 4.69) is 36.0 Å². The number of fused-ring (bicyclic) bond motifs is 1. The fraction of sp³-hybridized carbons (Fsp3) is 0.478. The highest BCUT2D eigenvalue weighted by Crippen LogP contribution is 2.40. The van der Waals surface area contributed by atoms with Crippen molar-refractivity contribution in [2.75, 3.05) is 37.6 Å². The molecule has 2 aliphatic heterocycles. The number of amides is 1. The van der Waals surface area contributed by atoms with E-state index in [1.54, 1.807) is 12.1 Å². The van der Waals surface area contributed by atoms with Crippen LogP contribution in [0, 0.1) is 5.82 Å². The van der Waals surface area contributed by atoms with Gasteiger partial charge in [-0.3, -0.25) is 14.7 Å². The molecular weight excluding hydrogens is 367 g/mol. The largest absolute Gasteiger partial charge is 0.312 e. The Morgan fingerprint density at radius 1 is 1.31 bits per heavy atom. The van der Waals surface area contributed by atoms with Gasteiger partial charge in [-0.05, 0) is 30.7 Å². The fourth-order valence-corrected chi connectivity index (χ4v) is 4.36. The summed E-state index contributed by atoms with van der Waals surface area (Å²) in [6.07, 6.45) is 2.53. The van der Waals surface area contributed by atoms with Gasteiger partial charge >= 0.3 is 0 Å². The monoisotopic (exact) mass is 396 g/mol. The lowest BCUT2D eigenvalue weighted by atomic mass is 9.88. The molecule has 2 aromatic rings. The summed E-state index contributed by atoms with van der Waals surface area (Å²) in [4.78, 5) is 22.0. The number of anilines is 1. The lowest BCUT2D eigenvalue weighted by molar-refractivity contribution is -0.120. The molecule has 0 bridgehead atoms. The van der Waals surface area contributed by atoms with Gasteiger partial charge in [0.25, 0.3) is 0 Å². The quantitative estimate of drug-likeness (QED) is 0.863. The van der Waals surface area contributed by atoms with Crippen molar-refractivity contribution in [3.8, 4) is 0 Å². The standard InChI is InChI=1S/C23H29FN4O/c1-16-13-27(9-8-25-16)14-22(29)28-15-23(2,3)20-12-26-19(11-21(20)28)10-17-4-6-18(24)7-5-17/h4-7,11-12,16,25H,8-10,13-15H2,1-3H3. The highest BCUT2D eigenvalue weighted by molar-refractivity contribution is 5.97. The van der Waals surface area contributed by atoms with E-state index in [4.69, 9.17) is 0 Å². The van der Waals surface area contributed by atoms with E-state index in [-0.39, 0.29) is 17.1 Å². The van der Waals surface area contributed by atoms with Gasteiger partial charge in [0.15, 0.2) is 0 Å². The van der Waals surface area contributed by atoms with Gasteiger partial charge in [-0.25, -0.2) is 4.39 Å². The molecule has 6 heteroatoms. The Labute approximate surface area is 171 Å². The molecule has 1 amide bonds. The normalized spacial score (nSPS) is 21.2. The summed E-state index contributed by atoms with van der Waals surface area (Å²) in [6, 6.07) is 8.94. The SMILES string of the molecule is CC1CN(CC(=O)N2CC(C)(C)c3cnc(Cc4ccc(F)cc4)cc32)CCN1. The summed E-state index contributed by atoms with van der Waals surface area (Å²) < 4.78 is 13.2. The van der Waals surface area contributed by atoms with Gasteiger partial charge < -0.3 is 10.2 Å². The van der Waals surface area contributed by atoms with Crippen LogP contribution in [0.1, 0.15) is 37.6 Å². The van der Waals surface area contributed by atoms with Gasteiger partial charge in [-0.1, -0.05) is 26.0 Å². The number of carbonyl (C=O) groups is 1. The Morgan fingerprint density at radius 2 is 2.07 bits per heavy atom. The van der Waals surface area contributed by atoms with Gasteiger partial charge in [-0.15, -0.1) is 0 Å². The summed E-state index contributed by atoms with van der Waals surface area (Å²) in [5.74, 6) is -0.0960. The molecule has 0 aliphatic carbocycles. The van der Waals surface area contributed by atoms with Crippen molar-refractivity contribution in [2.24, 2.45) is 0 Å². The predicted octanol–water partition coefficient (Wildman–Crippen LogP) is 2.73. The minimum Gasteiger partial charge on any atom is -0.312 e. The number of hydrogen-bond acceptors (Lipinski definition) is 4. The van der Waals surface area contributed by atoms with Crippen LogP contribution < -0.4 is 10.2 Å². The van der Waals surface area contributed by atoms with Gasteiger partial charge in [-0.2, -0.15) is 0 Å². The van der Waals surface area contributed by atoms with Crippen LogP contribution in [0.3, 0.4) is 0 Å². The van der Waals surface area contributed by atoms with E-state index >= 15 is 0 Å². The molecule has 0 spiro atoms. The Kier molecular flexibility index (Phi) is 5.40. The van der Waals surface area contributed by atoms with E-state index in [0.29, 0.717) is 25.6 Å². The summed E-state index contributed by atoms with van der Waals surface area (Å²) in [6.45, 7) is 10.3. The molecule has 2 aliphatic rings. The molecule has 3 heterocycles. The number of nitrogens with one attached hydrogen (secondary N) is 1. The number of carbonyl (C=O) groups excluding carboxylic acids is 1. The molecule has 1 aromatic carbocycles. The molecular formula is C23H29FN4O. The van der Waals surface area contributed by atoms with Crippen LogP contribution in [0.4, 0.5) is 10.1 Å². The third-order valence-electron chi connectivity index (χ3n) is 5.92. The predicted molar refractivity (Wildman–Crippen MR) is 113 cm³/mol. The molecule has 1 fully saturated rings. The third-order valence-corrected chi connectivity index (χ3v) is 5.92. The Morgan fingerprint density at radius 3 is 2.79 bits per heavy atom. The summed E-state index contributed by atoms with van der Waals surface area (Å²) >= 11 is 0. The zero-order chi connectivity index (χ0) is 20.6. The maximum Gasteiger partial charge on any atom is 0.241 e. The number of hydrogen-bond donors (Lipinski definition) is 1. The zero-order valence-electron chi connectivity index (χ0n) is 17.4. The molecule has 1 atom stereocenters. The van der Waals surface area contributed by atoms with E-state index < -0.39 is 0 Å². The highest BCUT2D eigenvalue weighted by atomic mass is 19.1. The molecule has 5 nitrogen and oxygen atoms in total. The Bertz CT molecular complexity index is 896. The summed E-state index contributed by atoms with van der Waals surface area (Å²) in [5, 5.41) is 3.42. The average Bonchev–Trinajstić information content (AvgIpc) is 2.94. The molecule has 1 N–H and O–H groups in total. The first-order valence-electron chi connectivity index (χ1n) is 10.3. The van der Waals surface area contributed by atoms with Gasteiger partial charge in [0.2, 0.25) is 5.91 Å². The van der Waals surface area contributed by atoms with Crippen LogP contribution >= 0.6 is 0 Å². The van der Waals surface area contributed by atoms with Crippen molar-refractivity contribution in [1.29, 1.82) is 0 Å². The average molecular weight is 397 g/mol. The van der Waals surface area contributed by atoms with Crippen molar-refractivity contribution in [2.45, 2.75) is 38.6 Å². The second-order valence-corrected chi connectivity index (χ2v) is 8.95.